The average Bonchev–Trinajstić information content (AvgIpc) is 2.72. The zero-order valence-electron chi connectivity index (χ0n) is 16.9. The molecule has 8 heteroatoms. The van der Waals surface area contributed by atoms with Gasteiger partial charge in [0.15, 0.2) is 0 Å². The third-order valence-corrected chi connectivity index (χ3v) is 3.88. The number of rotatable bonds is 8. The standard InChI is InChI=1S/C22H25NO7/c1-15(2)13-29-22(27)30-20(25)19(12-16-8-10-18(24)11-9-16)23-21(26)28-14-17-6-4-3-5-7-17/h3-11,15,19,24H,12-14H2,1-2H3,(H,23,26)/t19-/m0/s1. The highest BCUT2D eigenvalue weighted by atomic mass is 16.7. The molecule has 0 aliphatic carbocycles. The number of esters is 1. The molecule has 1 amide bonds. The van der Waals surface area contributed by atoms with E-state index in [-0.39, 0.29) is 31.3 Å². The summed E-state index contributed by atoms with van der Waals surface area (Å²) in [6.07, 6.45) is -1.95. The van der Waals surface area contributed by atoms with Crippen LogP contribution in [0.1, 0.15) is 25.0 Å². The summed E-state index contributed by atoms with van der Waals surface area (Å²) in [5.74, 6) is -0.842. The van der Waals surface area contributed by atoms with Crippen LogP contribution in [0.4, 0.5) is 9.59 Å². The van der Waals surface area contributed by atoms with Gasteiger partial charge in [-0.15, -0.1) is 0 Å². The molecule has 30 heavy (non-hydrogen) atoms. The van der Waals surface area contributed by atoms with Gasteiger partial charge in [0, 0.05) is 6.42 Å². The lowest BCUT2D eigenvalue weighted by Crippen LogP contribution is -2.44. The van der Waals surface area contributed by atoms with Gasteiger partial charge < -0.3 is 24.6 Å². The van der Waals surface area contributed by atoms with Crippen LogP contribution in [-0.4, -0.2) is 36.0 Å². The highest BCUT2D eigenvalue weighted by molar-refractivity contribution is 5.88. The lowest BCUT2D eigenvalue weighted by Gasteiger charge is -2.17. The second-order valence-corrected chi connectivity index (χ2v) is 7.01. The maximum absolute atomic E-state index is 12.4. The van der Waals surface area contributed by atoms with Gasteiger partial charge in [-0.3, -0.25) is 0 Å². The minimum atomic E-state index is -1.19. The maximum Gasteiger partial charge on any atom is 0.516 e. The minimum Gasteiger partial charge on any atom is -0.508 e. The van der Waals surface area contributed by atoms with Gasteiger partial charge >= 0.3 is 18.2 Å². The molecule has 2 aromatic rings. The van der Waals surface area contributed by atoms with Crippen molar-refractivity contribution in [2.75, 3.05) is 6.61 Å². The summed E-state index contributed by atoms with van der Waals surface area (Å²) in [5, 5.41) is 11.8. The molecule has 0 aliphatic rings. The van der Waals surface area contributed by atoms with E-state index in [9.17, 15) is 19.5 Å². The van der Waals surface area contributed by atoms with Crippen molar-refractivity contribution < 1.29 is 33.7 Å². The Morgan fingerprint density at radius 3 is 2.23 bits per heavy atom. The maximum atomic E-state index is 12.4. The molecule has 160 valence electrons. The molecule has 0 heterocycles. The van der Waals surface area contributed by atoms with Crippen molar-refractivity contribution in [2.45, 2.75) is 32.9 Å². The van der Waals surface area contributed by atoms with Gasteiger partial charge in [0.25, 0.3) is 0 Å². The Morgan fingerprint density at radius 1 is 0.933 bits per heavy atom. The van der Waals surface area contributed by atoms with Gasteiger partial charge in [-0.1, -0.05) is 56.3 Å². The molecule has 8 nitrogen and oxygen atoms in total. The molecule has 0 bridgehead atoms. The fraction of sp³-hybridized carbons (Fsp3) is 0.318. The van der Waals surface area contributed by atoms with Crippen LogP contribution in [-0.2, 0) is 32.0 Å². The SMILES string of the molecule is CC(C)COC(=O)OC(=O)[C@H](Cc1ccc(O)cc1)NC(=O)OCc1ccccc1. The van der Waals surface area contributed by atoms with Crippen LogP contribution in [0, 0.1) is 5.92 Å². The predicted octanol–water partition coefficient (Wildman–Crippen LogP) is 3.57. The molecule has 0 radical (unpaired) electrons. The van der Waals surface area contributed by atoms with E-state index in [2.05, 4.69) is 5.32 Å². The summed E-state index contributed by atoms with van der Waals surface area (Å²) in [6, 6.07) is 13.9. The smallest absolute Gasteiger partial charge is 0.508 e. The van der Waals surface area contributed by atoms with Crippen molar-refractivity contribution >= 4 is 18.2 Å². The highest BCUT2D eigenvalue weighted by Gasteiger charge is 2.26. The third-order valence-electron chi connectivity index (χ3n) is 3.88. The summed E-state index contributed by atoms with van der Waals surface area (Å²) in [4.78, 5) is 36.3. The van der Waals surface area contributed by atoms with Crippen molar-refractivity contribution in [1.82, 2.24) is 5.32 Å². The Labute approximate surface area is 174 Å². The van der Waals surface area contributed by atoms with E-state index in [0.29, 0.717) is 5.56 Å². The van der Waals surface area contributed by atoms with Crippen molar-refractivity contribution in [3.05, 3.63) is 65.7 Å². The number of nitrogens with one attached hydrogen (secondary N) is 1. The van der Waals surface area contributed by atoms with E-state index in [1.807, 2.05) is 32.0 Å². The largest absolute Gasteiger partial charge is 0.516 e. The van der Waals surface area contributed by atoms with Gasteiger partial charge in [0.1, 0.15) is 18.4 Å². The number of alkyl carbamates (subject to hydrolysis) is 1. The second kappa shape index (κ2) is 11.5. The predicted molar refractivity (Wildman–Crippen MR) is 108 cm³/mol. The monoisotopic (exact) mass is 415 g/mol. The number of benzene rings is 2. The first-order valence-electron chi connectivity index (χ1n) is 9.47. The number of phenolic OH excluding ortho intramolecular Hbond substituents is 1. The van der Waals surface area contributed by atoms with E-state index < -0.39 is 24.3 Å². The Hall–Kier alpha value is -3.55. The number of hydrogen-bond acceptors (Lipinski definition) is 7. The quantitative estimate of drug-likeness (QED) is 0.501. The van der Waals surface area contributed by atoms with E-state index in [1.165, 1.54) is 12.1 Å². The molecule has 2 N–H and O–H groups in total. The third kappa shape index (κ3) is 8.22. The van der Waals surface area contributed by atoms with Crippen LogP contribution in [0.25, 0.3) is 0 Å². The van der Waals surface area contributed by atoms with Crippen molar-refractivity contribution in [3.63, 3.8) is 0 Å². The van der Waals surface area contributed by atoms with Crippen molar-refractivity contribution in [3.8, 4) is 5.75 Å². The topological polar surface area (TPSA) is 111 Å². The molecule has 0 saturated heterocycles. The molecule has 0 unspecified atom stereocenters. The summed E-state index contributed by atoms with van der Waals surface area (Å²) in [6.45, 7) is 3.80. The van der Waals surface area contributed by atoms with Crippen LogP contribution >= 0.6 is 0 Å². The van der Waals surface area contributed by atoms with E-state index in [4.69, 9.17) is 14.2 Å². The van der Waals surface area contributed by atoms with E-state index in [0.717, 1.165) is 5.56 Å². The van der Waals surface area contributed by atoms with Crippen molar-refractivity contribution in [1.29, 1.82) is 0 Å². The minimum absolute atomic E-state index is 0.0179. The van der Waals surface area contributed by atoms with E-state index >= 15 is 0 Å². The fourth-order valence-electron chi connectivity index (χ4n) is 2.39. The Bertz CT molecular complexity index is 834. The van der Waals surface area contributed by atoms with Gasteiger partial charge in [-0.2, -0.15) is 0 Å². The van der Waals surface area contributed by atoms with Crippen LogP contribution in [0.15, 0.2) is 54.6 Å². The normalized spacial score (nSPS) is 11.4. The molecule has 0 fully saturated rings. The molecule has 0 aromatic heterocycles. The number of carbonyl (C=O) groups is 3. The summed E-state index contributed by atoms with van der Waals surface area (Å²) >= 11 is 0. The van der Waals surface area contributed by atoms with Crippen LogP contribution in [0.3, 0.4) is 0 Å². The molecule has 0 spiro atoms. The first-order valence-corrected chi connectivity index (χ1v) is 9.47. The Balaban J connectivity index is 2.00. The summed E-state index contributed by atoms with van der Waals surface area (Å²) in [5.41, 5.74) is 1.41. The molecule has 1 atom stereocenters. The highest BCUT2D eigenvalue weighted by Crippen LogP contribution is 2.12. The fourth-order valence-corrected chi connectivity index (χ4v) is 2.39. The molecular formula is C22H25NO7. The first kappa shape index (κ1) is 22.7. The molecular weight excluding hydrogens is 390 g/mol. The number of amides is 1. The molecule has 0 saturated carbocycles. The van der Waals surface area contributed by atoms with E-state index in [1.54, 1.807) is 24.3 Å². The van der Waals surface area contributed by atoms with Crippen LogP contribution in [0.5, 0.6) is 5.75 Å². The summed E-state index contributed by atoms with van der Waals surface area (Å²) in [7, 11) is 0. The van der Waals surface area contributed by atoms with Gasteiger partial charge in [-0.05, 0) is 29.2 Å². The lowest BCUT2D eigenvalue weighted by molar-refractivity contribution is -0.142. The number of aromatic hydroxyl groups is 1. The number of phenols is 1. The van der Waals surface area contributed by atoms with Crippen LogP contribution < -0.4 is 5.32 Å². The lowest BCUT2D eigenvalue weighted by atomic mass is 10.1. The Morgan fingerprint density at radius 2 is 1.60 bits per heavy atom. The second-order valence-electron chi connectivity index (χ2n) is 7.01. The first-order chi connectivity index (χ1) is 14.3. The van der Waals surface area contributed by atoms with Crippen molar-refractivity contribution in [2.24, 2.45) is 5.92 Å². The zero-order valence-corrected chi connectivity index (χ0v) is 16.9. The number of carbonyl (C=O) groups excluding carboxylic acids is 3. The molecule has 0 aliphatic heterocycles. The Kier molecular flexibility index (Phi) is 8.68. The molecule has 2 aromatic carbocycles. The number of ether oxygens (including phenoxy) is 3. The van der Waals surface area contributed by atoms with Gasteiger partial charge in [0.05, 0.1) is 6.61 Å². The average molecular weight is 415 g/mol. The number of hydrogen-bond donors (Lipinski definition) is 2. The van der Waals surface area contributed by atoms with Gasteiger partial charge in [0.2, 0.25) is 0 Å². The van der Waals surface area contributed by atoms with Crippen LogP contribution in [0.2, 0.25) is 0 Å². The molecule has 2 rings (SSSR count). The van der Waals surface area contributed by atoms with Gasteiger partial charge in [-0.25, -0.2) is 14.4 Å². The zero-order chi connectivity index (χ0) is 21.9. The summed E-state index contributed by atoms with van der Waals surface area (Å²) < 4.78 is 14.7.